The second kappa shape index (κ2) is 9.83. The second-order valence-corrected chi connectivity index (χ2v) is 11.6. The van der Waals surface area contributed by atoms with Gasteiger partial charge in [0.05, 0.1) is 29.8 Å². The van der Waals surface area contributed by atoms with E-state index in [1.54, 1.807) is 23.1 Å². The molecule has 206 valence electrons. The Balaban J connectivity index is 1.04. The van der Waals surface area contributed by atoms with Gasteiger partial charge in [0.2, 0.25) is 5.91 Å². The SMILES string of the molecule is O=C(COc1ccc(Cl)c(F)c1)NC12CC(NC(=O)C3CN(C(=O)C4CCOC4)c4cc(Cl)ccc4O3)(C1)C2. The van der Waals surface area contributed by atoms with E-state index in [0.29, 0.717) is 55.4 Å². The summed E-state index contributed by atoms with van der Waals surface area (Å²) in [4.78, 5) is 40.5. The molecule has 2 N–H and O–H groups in total. The maximum absolute atomic E-state index is 13.6. The number of ether oxygens (including phenoxy) is 3. The van der Waals surface area contributed by atoms with Crippen LogP contribution in [0.25, 0.3) is 0 Å². The van der Waals surface area contributed by atoms with Crippen molar-refractivity contribution in [3.05, 3.63) is 52.3 Å². The molecule has 2 atom stereocenters. The summed E-state index contributed by atoms with van der Waals surface area (Å²) in [6, 6.07) is 8.95. The smallest absolute Gasteiger partial charge is 0.263 e. The summed E-state index contributed by atoms with van der Waals surface area (Å²) in [5.74, 6) is -1.04. The molecule has 3 aliphatic carbocycles. The quantitative estimate of drug-likeness (QED) is 0.523. The largest absolute Gasteiger partial charge is 0.484 e. The highest BCUT2D eigenvalue weighted by atomic mass is 35.5. The predicted molar refractivity (Wildman–Crippen MR) is 140 cm³/mol. The van der Waals surface area contributed by atoms with Crippen LogP contribution in [0.15, 0.2) is 36.4 Å². The van der Waals surface area contributed by atoms with Crippen LogP contribution in [0, 0.1) is 11.7 Å². The predicted octanol–water partition coefficient (Wildman–Crippen LogP) is 3.25. The highest BCUT2D eigenvalue weighted by molar-refractivity contribution is 6.31. The minimum absolute atomic E-state index is 0.0250. The van der Waals surface area contributed by atoms with Gasteiger partial charge in [-0.25, -0.2) is 4.39 Å². The van der Waals surface area contributed by atoms with E-state index in [-0.39, 0.29) is 47.6 Å². The number of nitrogens with one attached hydrogen (secondary N) is 2. The van der Waals surface area contributed by atoms with Crippen molar-refractivity contribution < 1.29 is 33.0 Å². The lowest BCUT2D eigenvalue weighted by Gasteiger charge is -2.70. The molecule has 12 heteroatoms. The minimum atomic E-state index is -0.891. The lowest BCUT2D eigenvalue weighted by atomic mass is 9.44. The average Bonchev–Trinajstić information content (AvgIpc) is 3.41. The zero-order valence-electron chi connectivity index (χ0n) is 20.8. The molecule has 2 aromatic rings. The van der Waals surface area contributed by atoms with Crippen molar-refractivity contribution in [2.75, 3.05) is 31.3 Å². The highest BCUT2D eigenvalue weighted by Gasteiger charge is 2.69. The van der Waals surface area contributed by atoms with E-state index >= 15 is 0 Å². The fourth-order valence-corrected chi connectivity index (χ4v) is 6.28. The Hall–Kier alpha value is -3.08. The number of fused-ring (bicyclic) bond motifs is 1. The number of carbonyl (C=O) groups is 3. The molecular formula is C27H26Cl2FN3O6. The molecule has 0 radical (unpaired) electrons. The van der Waals surface area contributed by atoms with Crippen LogP contribution >= 0.6 is 23.2 Å². The van der Waals surface area contributed by atoms with Gasteiger partial charge in [-0.05, 0) is 56.0 Å². The van der Waals surface area contributed by atoms with Gasteiger partial charge < -0.3 is 29.7 Å². The molecule has 2 aromatic carbocycles. The summed E-state index contributed by atoms with van der Waals surface area (Å²) < 4.78 is 30.3. The van der Waals surface area contributed by atoms with E-state index in [1.165, 1.54) is 12.1 Å². The average molecular weight is 578 g/mol. The third kappa shape index (κ3) is 5.01. The number of halogens is 3. The van der Waals surface area contributed by atoms with Crippen molar-refractivity contribution in [1.82, 2.24) is 10.6 Å². The number of amides is 3. The number of nitrogens with zero attached hydrogens (tertiary/aromatic N) is 1. The Bertz CT molecular complexity index is 1330. The topological polar surface area (TPSA) is 106 Å². The summed E-state index contributed by atoms with van der Waals surface area (Å²) in [5.41, 5.74) is -0.290. The Kier molecular flexibility index (Phi) is 6.60. The van der Waals surface area contributed by atoms with Crippen molar-refractivity contribution in [3.8, 4) is 11.5 Å². The summed E-state index contributed by atoms with van der Waals surface area (Å²) in [5, 5.41) is 6.48. The van der Waals surface area contributed by atoms with Crippen LogP contribution < -0.4 is 25.0 Å². The molecule has 4 fully saturated rings. The van der Waals surface area contributed by atoms with Crippen molar-refractivity contribution in [3.63, 3.8) is 0 Å². The first kappa shape index (κ1) is 26.2. The van der Waals surface area contributed by atoms with Gasteiger partial charge in [0.25, 0.3) is 11.8 Å². The molecular weight excluding hydrogens is 552 g/mol. The van der Waals surface area contributed by atoms with Gasteiger partial charge in [0, 0.05) is 28.8 Å². The molecule has 1 saturated heterocycles. The molecule has 2 bridgehead atoms. The van der Waals surface area contributed by atoms with Gasteiger partial charge in [-0.2, -0.15) is 0 Å². The van der Waals surface area contributed by atoms with Crippen LogP contribution in [0.5, 0.6) is 11.5 Å². The van der Waals surface area contributed by atoms with Crippen LogP contribution in [0.2, 0.25) is 10.0 Å². The van der Waals surface area contributed by atoms with Gasteiger partial charge in [0.15, 0.2) is 12.7 Å². The van der Waals surface area contributed by atoms with Crippen LogP contribution in [-0.4, -0.2) is 61.3 Å². The summed E-state index contributed by atoms with van der Waals surface area (Å²) in [6.45, 7) is 0.674. The van der Waals surface area contributed by atoms with Gasteiger partial charge >= 0.3 is 0 Å². The first-order valence-electron chi connectivity index (χ1n) is 12.7. The summed E-state index contributed by atoms with van der Waals surface area (Å²) >= 11 is 11.8. The fourth-order valence-electron chi connectivity index (χ4n) is 5.99. The number of benzene rings is 2. The number of anilines is 1. The van der Waals surface area contributed by atoms with Gasteiger partial charge in [-0.1, -0.05) is 23.2 Å². The second-order valence-electron chi connectivity index (χ2n) is 10.7. The Labute approximate surface area is 233 Å². The van der Waals surface area contributed by atoms with Gasteiger partial charge in [0.1, 0.15) is 17.3 Å². The number of rotatable bonds is 7. The first-order chi connectivity index (χ1) is 18.6. The van der Waals surface area contributed by atoms with Gasteiger partial charge in [-0.15, -0.1) is 0 Å². The molecule has 5 aliphatic rings. The Morgan fingerprint density at radius 3 is 2.56 bits per heavy atom. The highest BCUT2D eigenvalue weighted by Crippen LogP contribution is 2.60. The van der Waals surface area contributed by atoms with Crippen molar-refractivity contribution in [1.29, 1.82) is 0 Å². The maximum Gasteiger partial charge on any atom is 0.263 e. The maximum atomic E-state index is 13.6. The molecule has 2 unspecified atom stereocenters. The third-order valence-corrected chi connectivity index (χ3v) is 8.29. The molecule has 3 saturated carbocycles. The minimum Gasteiger partial charge on any atom is -0.484 e. The van der Waals surface area contributed by atoms with Crippen LogP contribution in [0.3, 0.4) is 0 Å². The van der Waals surface area contributed by atoms with E-state index in [2.05, 4.69) is 10.6 Å². The summed E-state index contributed by atoms with van der Waals surface area (Å²) in [7, 11) is 0. The van der Waals surface area contributed by atoms with E-state index in [4.69, 9.17) is 37.4 Å². The lowest BCUT2D eigenvalue weighted by molar-refractivity contribution is -0.153. The van der Waals surface area contributed by atoms with Crippen molar-refractivity contribution >= 4 is 46.6 Å². The molecule has 0 spiro atoms. The molecule has 9 nitrogen and oxygen atoms in total. The molecule has 39 heavy (non-hydrogen) atoms. The Morgan fingerprint density at radius 2 is 1.85 bits per heavy atom. The molecule has 2 aliphatic heterocycles. The molecule has 7 rings (SSSR count). The monoisotopic (exact) mass is 577 g/mol. The van der Waals surface area contributed by atoms with E-state index in [1.807, 2.05) is 0 Å². The van der Waals surface area contributed by atoms with Crippen LogP contribution in [-0.2, 0) is 19.1 Å². The van der Waals surface area contributed by atoms with E-state index < -0.39 is 23.0 Å². The van der Waals surface area contributed by atoms with Crippen molar-refractivity contribution in [2.24, 2.45) is 5.92 Å². The molecule has 3 amide bonds. The van der Waals surface area contributed by atoms with Crippen LogP contribution in [0.4, 0.5) is 10.1 Å². The first-order valence-corrected chi connectivity index (χ1v) is 13.5. The van der Waals surface area contributed by atoms with Crippen molar-refractivity contribution in [2.45, 2.75) is 42.9 Å². The van der Waals surface area contributed by atoms with Crippen LogP contribution in [0.1, 0.15) is 25.7 Å². The van der Waals surface area contributed by atoms with Gasteiger partial charge in [-0.3, -0.25) is 14.4 Å². The zero-order valence-corrected chi connectivity index (χ0v) is 22.3. The summed E-state index contributed by atoms with van der Waals surface area (Å²) in [6.07, 6.45) is 1.47. The van der Waals surface area contributed by atoms with E-state index in [0.717, 1.165) is 6.07 Å². The number of carbonyl (C=O) groups excluding carboxylic acids is 3. The fraction of sp³-hybridized carbons (Fsp3) is 0.444. The molecule has 0 aromatic heterocycles. The standard InChI is InChI=1S/C27H26Cl2FN3O6/c28-16-1-4-21-20(7-16)33(25(36)15-5-6-37-10-15)9-22(39-21)24(35)32-27-12-26(13-27,14-27)31-23(34)11-38-17-2-3-18(29)19(30)8-17/h1-4,7-8,15,22H,5-6,9-14H2,(H,31,34)(H,32,35). The molecule has 2 heterocycles. The Morgan fingerprint density at radius 1 is 1.08 bits per heavy atom. The van der Waals surface area contributed by atoms with E-state index in [9.17, 15) is 18.8 Å². The lowest BCUT2D eigenvalue weighted by Crippen LogP contribution is -2.84. The third-order valence-electron chi connectivity index (χ3n) is 7.75. The zero-order chi connectivity index (χ0) is 27.4. The number of hydrogen-bond donors (Lipinski definition) is 2. The normalized spacial score (nSPS) is 28.3. The number of hydrogen-bond acceptors (Lipinski definition) is 6.